The van der Waals surface area contributed by atoms with Gasteiger partial charge < -0.3 is 9.80 Å². The van der Waals surface area contributed by atoms with E-state index in [0.29, 0.717) is 18.0 Å². The maximum Gasteiger partial charge on any atom is 0.294 e. The van der Waals surface area contributed by atoms with Crippen LogP contribution < -0.4 is 4.90 Å². The Morgan fingerprint density at radius 3 is 2.22 bits per heavy atom. The number of rotatable bonds is 5. The largest absolute Gasteiger partial charge is 0.368 e. The van der Waals surface area contributed by atoms with E-state index in [4.69, 9.17) is 0 Å². The van der Waals surface area contributed by atoms with E-state index in [1.165, 1.54) is 0 Å². The van der Waals surface area contributed by atoms with Gasteiger partial charge in [-0.1, -0.05) is 54.6 Å². The van der Waals surface area contributed by atoms with Crippen LogP contribution in [0.5, 0.6) is 0 Å². The second-order valence-electron chi connectivity index (χ2n) is 7.77. The number of carbonyl (C=O) groups excluding carboxylic acids is 3. The lowest BCUT2D eigenvalue weighted by Crippen LogP contribution is -2.51. The molecule has 0 aliphatic carbocycles. The molecule has 4 rings (SSSR count). The van der Waals surface area contributed by atoms with Gasteiger partial charge in [0.05, 0.1) is 4.91 Å². The number of imide groups is 1. The van der Waals surface area contributed by atoms with E-state index in [9.17, 15) is 14.4 Å². The van der Waals surface area contributed by atoms with Crippen LogP contribution in [-0.2, 0) is 9.59 Å². The Kier molecular flexibility index (Phi) is 6.75. The fraction of sp³-hybridized carbons (Fsp3) is 0.240. The topological polar surface area (TPSA) is 60.9 Å². The van der Waals surface area contributed by atoms with Gasteiger partial charge in [0.1, 0.15) is 6.54 Å². The monoisotopic (exact) mass is 447 g/mol. The molecule has 2 fully saturated rings. The molecule has 0 atom stereocenters. The van der Waals surface area contributed by atoms with Gasteiger partial charge in [0.25, 0.3) is 11.1 Å². The van der Waals surface area contributed by atoms with Crippen LogP contribution >= 0.6 is 11.8 Å². The minimum Gasteiger partial charge on any atom is -0.368 e. The Hall–Kier alpha value is -3.32. The number of allylic oxidation sites excluding steroid dienone is 2. The van der Waals surface area contributed by atoms with Crippen molar-refractivity contribution in [2.75, 3.05) is 37.6 Å². The van der Waals surface area contributed by atoms with Crippen molar-refractivity contribution in [1.82, 2.24) is 9.80 Å². The number of thioether (sulfide) groups is 1. The van der Waals surface area contributed by atoms with Crippen molar-refractivity contribution < 1.29 is 14.4 Å². The van der Waals surface area contributed by atoms with E-state index < -0.39 is 11.1 Å². The van der Waals surface area contributed by atoms with Gasteiger partial charge in [-0.3, -0.25) is 19.3 Å². The molecule has 32 heavy (non-hydrogen) atoms. The zero-order chi connectivity index (χ0) is 22.5. The van der Waals surface area contributed by atoms with Gasteiger partial charge in [-0.25, -0.2) is 0 Å². The highest BCUT2D eigenvalue weighted by atomic mass is 32.2. The van der Waals surface area contributed by atoms with Gasteiger partial charge in [-0.15, -0.1) is 0 Å². The van der Waals surface area contributed by atoms with Crippen LogP contribution in [0, 0.1) is 0 Å². The van der Waals surface area contributed by atoms with Crippen LogP contribution in [0.25, 0.3) is 6.08 Å². The van der Waals surface area contributed by atoms with E-state index in [0.717, 1.165) is 46.6 Å². The smallest absolute Gasteiger partial charge is 0.294 e. The highest BCUT2D eigenvalue weighted by molar-refractivity contribution is 8.18. The summed E-state index contributed by atoms with van der Waals surface area (Å²) in [6.07, 6.45) is 3.66. The van der Waals surface area contributed by atoms with E-state index in [-0.39, 0.29) is 12.5 Å². The molecule has 7 heteroatoms. The summed E-state index contributed by atoms with van der Waals surface area (Å²) in [5, 5.41) is -0.398. The number of piperazine rings is 1. The van der Waals surface area contributed by atoms with Crippen LogP contribution in [0.15, 0.2) is 77.2 Å². The summed E-state index contributed by atoms with van der Waals surface area (Å²) in [6, 6.07) is 19.9. The van der Waals surface area contributed by atoms with Crippen molar-refractivity contribution in [3.63, 3.8) is 0 Å². The van der Waals surface area contributed by atoms with Gasteiger partial charge >= 0.3 is 0 Å². The lowest BCUT2D eigenvalue weighted by atomic mass is 10.1. The molecule has 2 aromatic rings. The molecule has 0 saturated carbocycles. The number of benzene rings is 2. The average molecular weight is 448 g/mol. The molecule has 6 nitrogen and oxygen atoms in total. The summed E-state index contributed by atoms with van der Waals surface area (Å²) < 4.78 is 0. The molecule has 0 bridgehead atoms. The van der Waals surface area contributed by atoms with Gasteiger partial charge in [-0.05, 0) is 48.0 Å². The van der Waals surface area contributed by atoms with Gasteiger partial charge in [0, 0.05) is 31.9 Å². The molecule has 3 amide bonds. The molecule has 2 aliphatic heterocycles. The third-order valence-electron chi connectivity index (χ3n) is 5.47. The molecule has 2 aliphatic rings. The number of hydrogen-bond donors (Lipinski definition) is 0. The van der Waals surface area contributed by atoms with Crippen molar-refractivity contribution in [2.45, 2.75) is 6.92 Å². The van der Waals surface area contributed by atoms with Crippen molar-refractivity contribution in [1.29, 1.82) is 0 Å². The predicted molar refractivity (Wildman–Crippen MR) is 128 cm³/mol. The molecule has 0 N–H and O–H groups in total. The normalized spacial score (nSPS) is 18.6. The van der Waals surface area contributed by atoms with Crippen LogP contribution in [0.4, 0.5) is 10.5 Å². The highest BCUT2D eigenvalue weighted by Crippen LogP contribution is 2.31. The lowest BCUT2D eigenvalue weighted by Gasteiger charge is -2.36. The highest BCUT2D eigenvalue weighted by Gasteiger charge is 2.37. The molecule has 164 valence electrons. The predicted octanol–water partition coefficient (Wildman–Crippen LogP) is 4.02. The summed E-state index contributed by atoms with van der Waals surface area (Å²) in [7, 11) is 0. The van der Waals surface area contributed by atoms with E-state index in [1.54, 1.807) is 11.0 Å². The molecule has 0 unspecified atom stereocenters. The summed E-state index contributed by atoms with van der Waals surface area (Å²) in [5.41, 5.74) is 3.02. The molecule has 2 aromatic carbocycles. The van der Waals surface area contributed by atoms with Crippen molar-refractivity contribution in [3.05, 3.63) is 82.8 Å². The second-order valence-corrected chi connectivity index (χ2v) is 8.76. The SMILES string of the molecule is CC(=C\c1ccccc1)/C=C1/SC(=O)N(CC(=O)N2CCN(c3ccccc3)CC2)C1=O. The Morgan fingerprint density at radius 2 is 1.56 bits per heavy atom. The summed E-state index contributed by atoms with van der Waals surface area (Å²) in [5.74, 6) is -0.602. The zero-order valence-electron chi connectivity index (χ0n) is 17.9. The van der Waals surface area contributed by atoms with Crippen LogP contribution in [-0.4, -0.2) is 59.6 Å². The summed E-state index contributed by atoms with van der Waals surface area (Å²) in [4.78, 5) is 43.3. The minimum absolute atomic E-state index is 0.196. The molecule has 0 spiro atoms. The van der Waals surface area contributed by atoms with Crippen LogP contribution in [0.1, 0.15) is 12.5 Å². The quantitative estimate of drug-likeness (QED) is 0.648. The van der Waals surface area contributed by atoms with Crippen LogP contribution in [0.3, 0.4) is 0 Å². The first-order chi connectivity index (χ1) is 15.5. The molecule has 0 aromatic heterocycles. The fourth-order valence-corrected chi connectivity index (χ4v) is 4.67. The number of hydrogen-bond acceptors (Lipinski definition) is 5. The van der Waals surface area contributed by atoms with E-state index in [1.807, 2.05) is 61.5 Å². The van der Waals surface area contributed by atoms with Gasteiger partial charge in [-0.2, -0.15) is 0 Å². The number of anilines is 1. The van der Waals surface area contributed by atoms with Crippen LogP contribution in [0.2, 0.25) is 0 Å². The third-order valence-corrected chi connectivity index (χ3v) is 6.38. The van der Waals surface area contributed by atoms with E-state index >= 15 is 0 Å². The number of carbonyl (C=O) groups is 3. The first-order valence-electron chi connectivity index (χ1n) is 10.6. The number of nitrogens with zero attached hydrogens (tertiary/aromatic N) is 3. The molecular formula is C25H25N3O3S. The van der Waals surface area contributed by atoms with Crippen molar-refractivity contribution >= 4 is 40.6 Å². The maximum atomic E-state index is 12.8. The summed E-state index contributed by atoms with van der Waals surface area (Å²) in [6.45, 7) is 4.26. The van der Waals surface area contributed by atoms with E-state index in [2.05, 4.69) is 17.0 Å². The van der Waals surface area contributed by atoms with Gasteiger partial charge in [0.15, 0.2) is 0 Å². The lowest BCUT2D eigenvalue weighted by molar-refractivity contribution is -0.136. The fourth-order valence-electron chi connectivity index (χ4n) is 3.79. The standard InChI is InChI=1S/C25H25N3O3S/c1-19(16-20-8-4-2-5-9-20)17-22-24(30)28(25(31)32-22)18-23(29)27-14-12-26(13-15-27)21-10-6-3-7-11-21/h2-11,16-17H,12-15,18H2,1H3/b19-16+,22-17+. The van der Waals surface area contributed by atoms with Gasteiger partial charge in [0.2, 0.25) is 5.91 Å². The first-order valence-corrected chi connectivity index (χ1v) is 11.4. The van der Waals surface area contributed by atoms with Crippen molar-refractivity contribution in [3.8, 4) is 0 Å². The number of amides is 3. The van der Waals surface area contributed by atoms with Crippen molar-refractivity contribution in [2.24, 2.45) is 0 Å². The average Bonchev–Trinajstić information content (AvgIpc) is 3.07. The Bertz CT molecular complexity index is 1060. The Labute approximate surface area is 192 Å². The second kappa shape index (κ2) is 9.87. The Morgan fingerprint density at radius 1 is 0.938 bits per heavy atom. The Balaban J connectivity index is 1.35. The molecular weight excluding hydrogens is 422 g/mol. The summed E-state index contributed by atoms with van der Waals surface area (Å²) >= 11 is 0.886. The number of para-hydroxylation sites is 1. The third kappa shape index (κ3) is 5.11. The molecule has 0 radical (unpaired) electrons. The minimum atomic E-state index is -0.405. The molecule has 2 saturated heterocycles. The maximum absolute atomic E-state index is 12.8. The zero-order valence-corrected chi connectivity index (χ0v) is 18.8. The molecule has 2 heterocycles. The first kappa shape index (κ1) is 21.9.